The van der Waals surface area contributed by atoms with Crippen LogP contribution in [0.1, 0.15) is 48.4 Å². The average Bonchev–Trinajstić information content (AvgIpc) is 3.01. The lowest BCUT2D eigenvalue weighted by molar-refractivity contribution is -0.146. The van der Waals surface area contributed by atoms with Gasteiger partial charge in [0.05, 0.1) is 19.8 Å². The van der Waals surface area contributed by atoms with E-state index in [2.05, 4.69) is 35.8 Å². The van der Waals surface area contributed by atoms with Crippen LogP contribution in [0.3, 0.4) is 0 Å². The van der Waals surface area contributed by atoms with Crippen LogP contribution in [0.5, 0.6) is 0 Å². The summed E-state index contributed by atoms with van der Waals surface area (Å²) in [6.07, 6.45) is 0.0336. The molecule has 4 rings (SSSR count). The number of esters is 2. The molecule has 0 spiro atoms. The van der Waals surface area contributed by atoms with Crippen molar-refractivity contribution < 1.29 is 23.9 Å². The number of rotatable bonds is 14. The Morgan fingerprint density at radius 2 is 1.67 bits per heavy atom. The van der Waals surface area contributed by atoms with E-state index < -0.39 is 23.9 Å². The van der Waals surface area contributed by atoms with Gasteiger partial charge in [0, 0.05) is 23.4 Å². The largest absolute Gasteiger partial charge is 0.466 e. The molecule has 2 heterocycles. The first-order valence-electron chi connectivity index (χ1n) is 13.7. The maximum atomic E-state index is 12.8. The summed E-state index contributed by atoms with van der Waals surface area (Å²) in [6.45, 7) is 4.00. The number of hydrogen-bond donors (Lipinski definition) is 3. The smallest absolute Gasteiger partial charge is 0.328 e. The van der Waals surface area contributed by atoms with Gasteiger partial charge in [0.1, 0.15) is 16.6 Å². The van der Waals surface area contributed by atoms with Crippen LogP contribution in [-0.4, -0.2) is 62.3 Å². The van der Waals surface area contributed by atoms with Gasteiger partial charge in [-0.1, -0.05) is 42.1 Å². The van der Waals surface area contributed by atoms with Crippen molar-refractivity contribution in [3.8, 4) is 0 Å². The molecule has 1 atom stereocenters. The van der Waals surface area contributed by atoms with E-state index >= 15 is 0 Å². The molecule has 0 aliphatic carbocycles. The number of hydrogen-bond acceptors (Lipinski definition) is 13. The maximum Gasteiger partial charge on any atom is 0.328 e. The molecular weight excluding hydrogens is 572 g/mol. The molecule has 43 heavy (non-hydrogen) atoms. The van der Waals surface area contributed by atoms with E-state index in [-0.39, 0.29) is 38.5 Å². The van der Waals surface area contributed by atoms with E-state index in [4.69, 9.17) is 15.2 Å². The molecule has 0 saturated heterocycles. The third kappa shape index (κ3) is 9.07. The van der Waals surface area contributed by atoms with Crippen molar-refractivity contribution in [2.75, 3.05) is 24.3 Å². The van der Waals surface area contributed by atoms with Crippen LogP contribution in [-0.2, 0) is 31.4 Å². The topological polar surface area (TPSA) is 184 Å². The number of aromatic nitrogens is 5. The molecule has 14 heteroatoms. The second kappa shape index (κ2) is 15.4. The van der Waals surface area contributed by atoms with Crippen molar-refractivity contribution in [1.29, 1.82) is 0 Å². The van der Waals surface area contributed by atoms with Crippen molar-refractivity contribution in [1.82, 2.24) is 30.5 Å². The van der Waals surface area contributed by atoms with Crippen LogP contribution < -0.4 is 16.4 Å². The number of nitrogen functional groups attached to an aromatic ring is 1. The summed E-state index contributed by atoms with van der Waals surface area (Å²) in [5.41, 5.74) is 8.86. The first-order chi connectivity index (χ1) is 20.9. The van der Waals surface area contributed by atoms with Crippen LogP contribution in [0.15, 0.2) is 59.6 Å². The molecule has 4 N–H and O–H groups in total. The first kappa shape index (κ1) is 31.1. The van der Waals surface area contributed by atoms with Gasteiger partial charge >= 0.3 is 11.9 Å². The van der Waals surface area contributed by atoms with Gasteiger partial charge in [0.15, 0.2) is 5.82 Å². The van der Waals surface area contributed by atoms with Crippen LogP contribution in [0.4, 0.5) is 11.6 Å². The molecule has 4 aromatic rings. The fraction of sp³-hybridized carbons (Fsp3) is 0.310. The van der Waals surface area contributed by atoms with Crippen molar-refractivity contribution in [3.05, 3.63) is 71.5 Å². The number of carbonyl (C=O) groups excluding carboxylic acids is 3. The highest BCUT2D eigenvalue weighted by molar-refractivity contribution is 7.98. The maximum absolute atomic E-state index is 12.8. The summed E-state index contributed by atoms with van der Waals surface area (Å²) in [5.74, 6) is -0.348. The number of nitrogens with one attached hydrogen (secondary N) is 2. The van der Waals surface area contributed by atoms with Crippen LogP contribution in [0.25, 0.3) is 11.2 Å². The Hall–Kier alpha value is -4.85. The third-order valence-corrected chi connectivity index (χ3v) is 7.02. The quantitative estimate of drug-likeness (QED) is 0.108. The van der Waals surface area contributed by atoms with Crippen LogP contribution in [0, 0.1) is 0 Å². The van der Waals surface area contributed by atoms with Gasteiger partial charge in [-0.15, -0.1) is 10.2 Å². The molecule has 224 valence electrons. The average molecular weight is 605 g/mol. The normalized spacial score (nSPS) is 11.5. The molecule has 1 amide bonds. The Balaban J connectivity index is 1.38. The Bertz CT molecular complexity index is 1560. The molecule has 0 aliphatic heterocycles. The SMILES string of the molecule is CCOC(=O)CC[C@H](NC(=O)c1ccc(NCc2nnc3nc(N)nc(SCc4ccccc4)c3n2)cc1)C(=O)OCC. The van der Waals surface area contributed by atoms with Gasteiger partial charge in [-0.05, 0) is 50.1 Å². The monoisotopic (exact) mass is 604 g/mol. The number of fused-ring (bicyclic) bond motifs is 1. The highest BCUT2D eigenvalue weighted by Crippen LogP contribution is 2.26. The number of carbonyl (C=O) groups is 3. The zero-order chi connectivity index (χ0) is 30.6. The number of amides is 1. The fourth-order valence-corrected chi connectivity index (χ4v) is 4.84. The lowest BCUT2D eigenvalue weighted by Crippen LogP contribution is -2.42. The van der Waals surface area contributed by atoms with E-state index in [0.717, 1.165) is 5.56 Å². The van der Waals surface area contributed by atoms with E-state index in [9.17, 15) is 14.4 Å². The van der Waals surface area contributed by atoms with E-state index in [1.54, 1.807) is 38.1 Å². The molecule has 2 aromatic heterocycles. The van der Waals surface area contributed by atoms with E-state index in [1.165, 1.54) is 11.8 Å². The Labute approximate surface area is 252 Å². The zero-order valence-corrected chi connectivity index (χ0v) is 24.6. The van der Waals surface area contributed by atoms with Crippen LogP contribution in [0.2, 0.25) is 0 Å². The summed E-state index contributed by atoms with van der Waals surface area (Å²) < 4.78 is 9.96. The van der Waals surface area contributed by atoms with Gasteiger partial charge in [0.2, 0.25) is 11.6 Å². The molecule has 0 saturated carbocycles. The number of anilines is 2. The predicted molar refractivity (Wildman–Crippen MR) is 161 cm³/mol. The van der Waals surface area contributed by atoms with Crippen molar-refractivity contribution in [3.63, 3.8) is 0 Å². The number of benzene rings is 2. The summed E-state index contributed by atoms with van der Waals surface area (Å²) in [5, 5.41) is 14.8. The molecule has 0 fully saturated rings. The van der Waals surface area contributed by atoms with Crippen LogP contribution >= 0.6 is 11.8 Å². The second-order valence-electron chi connectivity index (χ2n) is 9.11. The molecule has 0 unspecified atom stereocenters. The van der Waals surface area contributed by atoms with Gasteiger partial charge in [-0.25, -0.2) is 14.8 Å². The molecular formula is C29H32N8O5S. The lowest BCUT2D eigenvalue weighted by Gasteiger charge is -2.17. The minimum absolute atomic E-state index is 0.0289. The first-order valence-corrected chi connectivity index (χ1v) is 14.6. The summed E-state index contributed by atoms with van der Waals surface area (Å²) in [4.78, 5) is 50.1. The standard InChI is InChI=1S/C29H32N8O5S/c1-3-41-23(38)15-14-21(28(40)42-4-2)32-26(39)19-10-12-20(13-11-19)31-16-22-33-24-25(37-36-22)34-29(30)35-27(24)43-17-18-8-6-5-7-9-18/h5-13,21,31H,3-4,14-17H2,1-2H3,(H,32,39)(H2,30,34,35,37)/t21-/m0/s1. The zero-order valence-electron chi connectivity index (χ0n) is 23.8. The van der Waals surface area contributed by atoms with Gasteiger partial charge in [0.25, 0.3) is 5.91 Å². The van der Waals surface area contributed by atoms with Crippen molar-refractivity contribution >= 4 is 52.4 Å². The summed E-state index contributed by atoms with van der Waals surface area (Å²) in [7, 11) is 0. The Kier molecular flexibility index (Phi) is 11.1. The summed E-state index contributed by atoms with van der Waals surface area (Å²) in [6, 6.07) is 15.6. The van der Waals surface area contributed by atoms with Gasteiger partial charge in [-0.2, -0.15) is 4.98 Å². The number of thioether (sulfide) groups is 1. The minimum Gasteiger partial charge on any atom is -0.466 e. The molecule has 0 bridgehead atoms. The lowest BCUT2D eigenvalue weighted by atomic mass is 10.1. The number of ether oxygens (including phenoxy) is 2. The van der Waals surface area contributed by atoms with E-state index in [0.29, 0.717) is 39.0 Å². The second-order valence-corrected chi connectivity index (χ2v) is 10.1. The van der Waals surface area contributed by atoms with E-state index in [1.807, 2.05) is 30.3 Å². The predicted octanol–water partition coefficient (Wildman–Crippen LogP) is 3.31. The van der Waals surface area contributed by atoms with Crippen molar-refractivity contribution in [2.24, 2.45) is 0 Å². The van der Waals surface area contributed by atoms with Crippen molar-refractivity contribution in [2.45, 2.75) is 50.1 Å². The highest BCUT2D eigenvalue weighted by Gasteiger charge is 2.24. The molecule has 0 aliphatic rings. The third-order valence-electron chi connectivity index (χ3n) is 5.99. The Morgan fingerprint density at radius 3 is 2.40 bits per heavy atom. The Morgan fingerprint density at radius 1 is 0.930 bits per heavy atom. The fourth-order valence-electron chi connectivity index (χ4n) is 3.91. The van der Waals surface area contributed by atoms with Gasteiger partial charge in [-0.3, -0.25) is 9.59 Å². The molecule has 13 nitrogen and oxygen atoms in total. The number of nitrogens with zero attached hydrogens (tertiary/aromatic N) is 5. The molecule has 0 radical (unpaired) electrons. The summed E-state index contributed by atoms with van der Waals surface area (Å²) >= 11 is 1.49. The number of nitrogens with two attached hydrogens (primary N) is 1. The highest BCUT2D eigenvalue weighted by atomic mass is 32.2. The molecule has 2 aromatic carbocycles. The van der Waals surface area contributed by atoms with Gasteiger partial charge < -0.3 is 25.8 Å². The minimum atomic E-state index is -0.984.